The maximum Gasteiger partial charge on any atom is 0.131 e. The van der Waals surface area contributed by atoms with Crippen LogP contribution in [-0.4, -0.2) is 57.9 Å². The van der Waals surface area contributed by atoms with Crippen molar-refractivity contribution in [2.24, 2.45) is 0 Å². The van der Waals surface area contributed by atoms with E-state index in [1.54, 1.807) is 0 Å². The van der Waals surface area contributed by atoms with Gasteiger partial charge in [0, 0.05) is 69.6 Å². The van der Waals surface area contributed by atoms with Crippen LogP contribution in [0.4, 0.5) is 0 Å². The molecule has 0 fully saturated rings. The molecule has 0 atom stereocenters. The van der Waals surface area contributed by atoms with Crippen LogP contribution < -0.4 is 9.47 Å². The van der Waals surface area contributed by atoms with Crippen molar-refractivity contribution >= 4 is 35.3 Å². The molecule has 2 aliphatic rings. The van der Waals surface area contributed by atoms with Gasteiger partial charge in [-0.15, -0.1) is 0 Å². The van der Waals surface area contributed by atoms with Gasteiger partial charge in [-0.05, 0) is 56.3 Å². The van der Waals surface area contributed by atoms with Crippen molar-refractivity contribution in [1.29, 1.82) is 0 Å². The standard InChI is InChI=1S/C42H50O4S3/c1-41(2,3)31-23-29-21-27-9-7-11-33-35-25-32(42(4,5)6)26-36(38(35)44)34-12-8-10-28(22-30(24-31)37(29)43)40(34)46-14-16-48-18-20-49-19-17-47-15-13-45-39(27)33/h7-12,23-26,43-44H,13-22H2,1-6H3. The zero-order valence-electron chi connectivity index (χ0n) is 29.8. The number of phenols is 2. The molecule has 4 aromatic rings. The summed E-state index contributed by atoms with van der Waals surface area (Å²) in [6.45, 7) is 14.4. The molecule has 2 N–H and O–H groups in total. The third-order valence-corrected chi connectivity index (χ3v) is 12.7. The number of phenolic OH excluding ortho intramolecular Hbond substituents is 2. The Kier molecular flexibility index (Phi) is 11.1. The molecule has 49 heavy (non-hydrogen) atoms. The van der Waals surface area contributed by atoms with Gasteiger partial charge in [-0.25, -0.2) is 0 Å². The molecular weight excluding hydrogens is 665 g/mol. The lowest BCUT2D eigenvalue weighted by Gasteiger charge is -2.26. The first-order valence-electron chi connectivity index (χ1n) is 17.4. The molecule has 7 heteroatoms. The number of fused-ring (bicyclic) bond motifs is 2. The second-order valence-corrected chi connectivity index (χ2v) is 18.7. The summed E-state index contributed by atoms with van der Waals surface area (Å²) in [6, 6.07) is 21.0. The Hall–Kier alpha value is -2.87. The van der Waals surface area contributed by atoms with Gasteiger partial charge in [0.05, 0.1) is 13.2 Å². The minimum atomic E-state index is -0.175. The van der Waals surface area contributed by atoms with E-state index in [2.05, 4.69) is 102 Å². The van der Waals surface area contributed by atoms with E-state index in [0.29, 0.717) is 31.8 Å². The summed E-state index contributed by atoms with van der Waals surface area (Å²) in [5, 5.41) is 24.3. The summed E-state index contributed by atoms with van der Waals surface area (Å²) in [7, 11) is 0. The molecule has 0 radical (unpaired) electrons. The smallest absolute Gasteiger partial charge is 0.131 e. The molecule has 0 saturated carbocycles. The summed E-state index contributed by atoms with van der Waals surface area (Å²) in [4.78, 5) is 0. The molecule has 1 aliphatic carbocycles. The Morgan fingerprint density at radius 1 is 0.490 bits per heavy atom. The Morgan fingerprint density at radius 3 is 1.33 bits per heavy atom. The van der Waals surface area contributed by atoms with Crippen LogP contribution in [0.2, 0.25) is 0 Å². The van der Waals surface area contributed by atoms with E-state index >= 15 is 0 Å². The van der Waals surface area contributed by atoms with Crippen molar-refractivity contribution in [3.63, 3.8) is 0 Å². The Bertz CT molecular complexity index is 1690. The predicted octanol–water partition coefficient (Wildman–Crippen LogP) is 10.5. The largest absolute Gasteiger partial charge is 0.507 e. The molecule has 6 rings (SSSR count). The number of para-hydroxylation sites is 2. The third kappa shape index (κ3) is 8.21. The molecule has 0 saturated heterocycles. The first-order chi connectivity index (χ1) is 23.4. The first kappa shape index (κ1) is 35.9. The van der Waals surface area contributed by atoms with E-state index in [-0.39, 0.29) is 16.6 Å². The SMILES string of the molecule is CC(C)(C)c1cc2c(O)c(c1)Cc1cccc3c1OCCSCCSCCSCCOc1c(cccc1-c1cc(C(C)(C)C)cc-3c1O)C2. The Balaban J connectivity index is 1.67. The van der Waals surface area contributed by atoms with Crippen molar-refractivity contribution < 1.29 is 19.7 Å². The van der Waals surface area contributed by atoms with Gasteiger partial charge < -0.3 is 19.7 Å². The molecule has 0 aromatic heterocycles. The van der Waals surface area contributed by atoms with Gasteiger partial charge in [0.2, 0.25) is 0 Å². The minimum Gasteiger partial charge on any atom is -0.507 e. The fraction of sp³-hybridized carbons (Fsp3) is 0.429. The molecule has 260 valence electrons. The molecular formula is C42H50O4S3. The molecule has 0 unspecified atom stereocenters. The van der Waals surface area contributed by atoms with Crippen LogP contribution in [-0.2, 0) is 23.7 Å². The van der Waals surface area contributed by atoms with E-state index < -0.39 is 0 Å². The van der Waals surface area contributed by atoms with Gasteiger partial charge in [-0.1, -0.05) is 90.1 Å². The average molecular weight is 715 g/mol. The van der Waals surface area contributed by atoms with Crippen molar-refractivity contribution in [3.05, 3.63) is 94.0 Å². The Morgan fingerprint density at radius 2 is 0.898 bits per heavy atom. The topological polar surface area (TPSA) is 58.9 Å². The number of benzene rings is 4. The second kappa shape index (κ2) is 15.2. The van der Waals surface area contributed by atoms with Gasteiger partial charge in [-0.2, -0.15) is 35.3 Å². The normalized spacial score (nSPS) is 16.2. The summed E-state index contributed by atoms with van der Waals surface area (Å²) in [5.74, 6) is 8.26. The second-order valence-electron chi connectivity index (χ2n) is 15.0. The summed E-state index contributed by atoms with van der Waals surface area (Å²) in [6.07, 6.45) is 1.01. The Labute approximate surface area is 305 Å². The fourth-order valence-corrected chi connectivity index (χ4v) is 9.41. The zero-order chi connectivity index (χ0) is 34.8. The van der Waals surface area contributed by atoms with Crippen molar-refractivity contribution in [2.45, 2.75) is 65.2 Å². The van der Waals surface area contributed by atoms with Crippen LogP contribution in [0.25, 0.3) is 22.3 Å². The van der Waals surface area contributed by atoms with Crippen LogP contribution in [0.3, 0.4) is 0 Å². The highest BCUT2D eigenvalue weighted by Gasteiger charge is 2.27. The number of rotatable bonds is 0. The van der Waals surface area contributed by atoms with Gasteiger partial charge in [0.1, 0.15) is 23.0 Å². The van der Waals surface area contributed by atoms with E-state index in [4.69, 9.17) is 9.47 Å². The average Bonchev–Trinajstić information content (AvgIpc) is 3.04. The molecule has 10 bridgehead atoms. The maximum absolute atomic E-state index is 12.3. The van der Waals surface area contributed by atoms with Crippen molar-refractivity contribution in [2.75, 3.05) is 47.7 Å². The molecule has 4 nitrogen and oxygen atoms in total. The predicted molar refractivity (Wildman–Crippen MR) is 213 cm³/mol. The summed E-state index contributed by atoms with van der Waals surface area (Å²) in [5.41, 5.74) is 8.95. The van der Waals surface area contributed by atoms with Crippen LogP contribution in [0, 0.1) is 0 Å². The number of hydrogen-bond acceptors (Lipinski definition) is 7. The molecule has 0 spiro atoms. The zero-order valence-corrected chi connectivity index (χ0v) is 32.2. The molecule has 0 amide bonds. The lowest BCUT2D eigenvalue weighted by molar-refractivity contribution is 0.341. The number of hydrogen-bond donors (Lipinski definition) is 2. The van der Waals surface area contributed by atoms with E-state index in [0.717, 1.165) is 96.1 Å². The van der Waals surface area contributed by atoms with Crippen LogP contribution >= 0.6 is 35.3 Å². The molecule has 4 aromatic carbocycles. The first-order valence-corrected chi connectivity index (χ1v) is 20.8. The molecule has 1 heterocycles. The quantitative estimate of drug-likeness (QED) is 0.166. The lowest BCUT2D eigenvalue weighted by atomic mass is 9.81. The monoisotopic (exact) mass is 714 g/mol. The summed E-state index contributed by atoms with van der Waals surface area (Å²) < 4.78 is 13.5. The lowest BCUT2D eigenvalue weighted by Crippen LogP contribution is -2.14. The highest BCUT2D eigenvalue weighted by atomic mass is 32.2. The highest BCUT2D eigenvalue weighted by molar-refractivity contribution is 8.04. The van der Waals surface area contributed by atoms with Gasteiger partial charge >= 0.3 is 0 Å². The van der Waals surface area contributed by atoms with E-state index in [1.807, 2.05) is 35.3 Å². The van der Waals surface area contributed by atoms with E-state index in [9.17, 15) is 10.2 Å². The van der Waals surface area contributed by atoms with Crippen LogP contribution in [0.5, 0.6) is 23.0 Å². The highest BCUT2D eigenvalue weighted by Crippen LogP contribution is 2.49. The number of thioether (sulfide) groups is 3. The van der Waals surface area contributed by atoms with Crippen molar-refractivity contribution in [1.82, 2.24) is 0 Å². The van der Waals surface area contributed by atoms with Crippen LogP contribution in [0.1, 0.15) is 74.9 Å². The van der Waals surface area contributed by atoms with Crippen LogP contribution in [0.15, 0.2) is 60.7 Å². The summed E-state index contributed by atoms with van der Waals surface area (Å²) >= 11 is 5.86. The third-order valence-electron chi connectivity index (χ3n) is 9.34. The van der Waals surface area contributed by atoms with Gasteiger partial charge in [0.25, 0.3) is 0 Å². The minimum absolute atomic E-state index is 0.116. The van der Waals surface area contributed by atoms with Gasteiger partial charge in [-0.3, -0.25) is 0 Å². The van der Waals surface area contributed by atoms with Crippen molar-refractivity contribution in [3.8, 4) is 45.3 Å². The number of aromatic hydroxyl groups is 2. The molecule has 1 aliphatic heterocycles. The number of ether oxygens (including phenoxy) is 2. The fourth-order valence-electron chi connectivity index (χ4n) is 6.51. The maximum atomic E-state index is 12.3. The van der Waals surface area contributed by atoms with E-state index in [1.165, 1.54) is 5.56 Å². The van der Waals surface area contributed by atoms with Gasteiger partial charge in [0.15, 0.2) is 0 Å².